The molecule has 9 heteroatoms. The number of pyridine rings is 1. The van der Waals surface area contributed by atoms with Gasteiger partial charge in [-0.15, -0.1) is 0 Å². The molecule has 0 spiro atoms. The number of carbonyl (C=O) groups is 2. The van der Waals surface area contributed by atoms with Gasteiger partial charge in [0.1, 0.15) is 0 Å². The molecule has 1 unspecified atom stereocenters. The lowest BCUT2D eigenvalue weighted by molar-refractivity contribution is -0.148. The highest BCUT2D eigenvalue weighted by atomic mass is 16.4. The first-order valence-electron chi connectivity index (χ1n) is 11.4. The number of ketones is 1. The van der Waals surface area contributed by atoms with E-state index in [1.165, 1.54) is 0 Å². The molecule has 3 aromatic rings. The molecule has 0 aliphatic carbocycles. The van der Waals surface area contributed by atoms with Crippen molar-refractivity contribution in [2.75, 3.05) is 6.54 Å². The maximum atomic E-state index is 12.8. The highest BCUT2D eigenvalue weighted by Gasteiger charge is 2.40. The molecule has 1 aromatic heterocycles. The molecule has 0 aliphatic rings. The molecular formula is C25H31N5O4. The molecule has 1 heterocycles. The summed E-state index contributed by atoms with van der Waals surface area (Å²) < 4.78 is 2.13. The van der Waals surface area contributed by atoms with Gasteiger partial charge in [0.2, 0.25) is 0 Å². The average Bonchev–Trinajstić information content (AvgIpc) is 2.83. The van der Waals surface area contributed by atoms with Crippen LogP contribution in [0, 0.1) is 0 Å². The predicted molar refractivity (Wildman–Crippen MR) is 134 cm³/mol. The molecule has 0 saturated carbocycles. The molecular weight excluding hydrogens is 434 g/mol. The van der Waals surface area contributed by atoms with E-state index in [-0.39, 0.29) is 30.8 Å². The zero-order valence-electron chi connectivity index (χ0n) is 19.1. The van der Waals surface area contributed by atoms with Crippen LogP contribution in [0.4, 0.5) is 0 Å². The monoisotopic (exact) mass is 465 g/mol. The summed E-state index contributed by atoms with van der Waals surface area (Å²) in [6.07, 6.45) is 2.33. The Morgan fingerprint density at radius 1 is 0.912 bits per heavy atom. The van der Waals surface area contributed by atoms with Crippen molar-refractivity contribution in [1.82, 2.24) is 4.57 Å². The predicted octanol–water partition coefficient (Wildman–Crippen LogP) is 2.12. The largest absolute Gasteiger partial charge is 0.480 e. The molecule has 3 rings (SSSR count). The zero-order chi connectivity index (χ0) is 24.7. The zero-order valence-corrected chi connectivity index (χ0v) is 19.1. The Morgan fingerprint density at radius 2 is 1.50 bits per heavy atom. The number of carboxylic acid groups (broad SMARTS) is 1. The average molecular weight is 466 g/mol. The fraction of sp³-hybridized carbons (Fsp3) is 0.360. The van der Waals surface area contributed by atoms with E-state index in [2.05, 4.69) is 9.56 Å². The Morgan fingerprint density at radius 3 is 2.06 bits per heavy atom. The van der Waals surface area contributed by atoms with Crippen molar-refractivity contribution in [3.8, 4) is 0 Å². The number of carbonyl (C=O) groups excluding carboxylic acids is 1. The van der Waals surface area contributed by atoms with Gasteiger partial charge in [-0.25, -0.2) is 4.79 Å². The number of aryl methyl sites for hydroxylation is 1. The number of aromatic nitrogens is 1. The lowest BCUT2D eigenvalue weighted by Crippen LogP contribution is -2.55. The minimum absolute atomic E-state index is 0.0147. The fourth-order valence-corrected chi connectivity index (χ4v) is 4.20. The molecule has 34 heavy (non-hydrogen) atoms. The quantitative estimate of drug-likeness (QED) is 0.104. The van der Waals surface area contributed by atoms with Gasteiger partial charge in [-0.05, 0) is 49.9 Å². The van der Waals surface area contributed by atoms with Gasteiger partial charge in [0, 0.05) is 30.3 Å². The van der Waals surface area contributed by atoms with Crippen LogP contribution in [0.5, 0.6) is 0 Å². The van der Waals surface area contributed by atoms with Crippen LogP contribution in [0.25, 0.3) is 21.8 Å². The number of aliphatic imine (C=N–C) groups is 1. The molecule has 0 radical (unpaired) electrons. The molecule has 0 saturated heterocycles. The molecule has 180 valence electrons. The number of fused-ring (bicyclic) bond motifs is 2. The fourth-order valence-electron chi connectivity index (χ4n) is 4.20. The summed E-state index contributed by atoms with van der Waals surface area (Å²) in [7, 11) is 0. The van der Waals surface area contributed by atoms with Crippen molar-refractivity contribution in [1.29, 1.82) is 0 Å². The summed E-state index contributed by atoms with van der Waals surface area (Å²) in [5.74, 6) is -1.93. The lowest BCUT2D eigenvalue weighted by atomic mass is 9.87. The maximum Gasteiger partial charge on any atom is 0.331 e. The summed E-state index contributed by atoms with van der Waals surface area (Å²) >= 11 is 0. The van der Waals surface area contributed by atoms with E-state index in [4.69, 9.17) is 17.2 Å². The second-order valence-corrected chi connectivity index (χ2v) is 8.44. The third-order valence-corrected chi connectivity index (χ3v) is 6.07. The number of aliphatic carboxylic acids is 1. The van der Waals surface area contributed by atoms with Crippen molar-refractivity contribution in [2.24, 2.45) is 22.2 Å². The van der Waals surface area contributed by atoms with Gasteiger partial charge in [0.15, 0.2) is 22.7 Å². The second-order valence-electron chi connectivity index (χ2n) is 8.44. The van der Waals surface area contributed by atoms with Crippen LogP contribution in [0.1, 0.15) is 38.5 Å². The summed E-state index contributed by atoms with van der Waals surface area (Å²) in [4.78, 5) is 40.9. The number of benzene rings is 2. The first kappa shape index (κ1) is 24.9. The van der Waals surface area contributed by atoms with E-state index < -0.39 is 17.3 Å². The molecule has 1 atom stereocenters. The third kappa shape index (κ3) is 5.43. The number of unbranched alkanes of at least 4 members (excludes halogenated alkanes) is 2. The minimum Gasteiger partial charge on any atom is -0.480 e. The molecule has 0 bridgehead atoms. The van der Waals surface area contributed by atoms with Crippen LogP contribution < -0.4 is 22.6 Å². The van der Waals surface area contributed by atoms with E-state index in [0.29, 0.717) is 36.6 Å². The van der Waals surface area contributed by atoms with Crippen LogP contribution in [-0.2, 0) is 16.1 Å². The number of carboxylic acids is 1. The van der Waals surface area contributed by atoms with Gasteiger partial charge in [0.25, 0.3) is 0 Å². The summed E-state index contributed by atoms with van der Waals surface area (Å²) in [5, 5.41) is 10.9. The van der Waals surface area contributed by atoms with Crippen molar-refractivity contribution < 1.29 is 14.7 Å². The number of hydrogen-bond acceptors (Lipinski definition) is 5. The van der Waals surface area contributed by atoms with Crippen LogP contribution in [0.15, 0.2) is 58.3 Å². The van der Waals surface area contributed by atoms with Gasteiger partial charge in [-0.3, -0.25) is 14.6 Å². The number of guanidine groups is 1. The second kappa shape index (κ2) is 10.9. The molecule has 7 N–H and O–H groups in total. The van der Waals surface area contributed by atoms with Crippen molar-refractivity contribution in [3.05, 3.63) is 58.8 Å². The van der Waals surface area contributed by atoms with E-state index >= 15 is 0 Å². The molecule has 0 amide bonds. The number of para-hydroxylation sites is 2. The minimum atomic E-state index is -1.94. The summed E-state index contributed by atoms with van der Waals surface area (Å²) in [6.45, 7) is 0.879. The SMILES string of the molecule is NC(N)=NCCCC(N)(C(=O)O)C(=O)CCCCCn1c2ccccc2c(=O)c2ccccc21. The van der Waals surface area contributed by atoms with Crippen LogP contribution in [-0.4, -0.2) is 39.5 Å². The first-order valence-corrected chi connectivity index (χ1v) is 11.4. The normalized spacial score (nSPS) is 13.0. The van der Waals surface area contributed by atoms with E-state index in [1.54, 1.807) is 0 Å². The summed E-state index contributed by atoms with van der Waals surface area (Å²) in [5.41, 5.74) is 16.3. The molecule has 0 aliphatic heterocycles. The van der Waals surface area contributed by atoms with Crippen LogP contribution in [0.2, 0.25) is 0 Å². The van der Waals surface area contributed by atoms with Gasteiger partial charge in [-0.1, -0.05) is 30.7 Å². The Hall–Kier alpha value is -3.72. The first-order chi connectivity index (χ1) is 16.3. The van der Waals surface area contributed by atoms with Gasteiger partial charge in [-0.2, -0.15) is 0 Å². The number of rotatable bonds is 12. The number of hydrogen-bond donors (Lipinski definition) is 4. The summed E-state index contributed by atoms with van der Waals surface area (Å²) in [6, 6.07) is 15.1. The smallest absolute Gasteiger partial charge is 0.331 e. The van der Waals surface area contributed by atoms with Gasteiger partial charge < -0.3 is 26.9 Å². The van der Waals surface area contributed by atoms with E-state index in [0.717, 1.165) is 17.5 Å². The maximum absolute atomic E-state index is 12.8. The Balaban J connectivity index is 1.63. The Labute approximate surface area is 197 Å². The number of nitrogens with zero attached hydrogens (tertiary/aromatic N) is 2. The van der Waals surface area contributed by atoms with E-state index in [1.807, 2.05) is 48.5 Å². The van der Waals surface area contributed by atoms with Crippen molar-refractivity contribution in [3.63, 3.8) is 0 Å². The highest BCUT2D eigenvalue weighted by molar-refractivity contribution is 6.07. The molecule has 9 nitrogen and oxygen atoms in total. The molecule has 0 fully saturated rings. The topological polar surface area (TPSA) is 167 Å². The van der Waals surface area contributed by atoms with Crippen molar-refractivity contribution >= 4 is 39.5 Å². The molecule has 2 aromatic carbocycles. The Kier molecular flexibility index (Phi) is 8.01. The third-order valence-electron chi connectivity index (χ3n) is 6.07. The highest BCUT2D eigenvalue weighted by Crippen LogP contribution is 2.21. The van der Waals surface area contributed by atoms with Crippen molar-refractivity contribution in [2.45, 2.75) is 50.6 Å². The standard InChI is InChI=1S/C25H31N5O4/c26-24(27)29-15-8-14-25(28,23(33)34)21(31)13-2-1-7-16-30-19-11-5-3-9-17(19)22(32)18-10-4-6-12-20(18)30/h3-6,9-12H,1-2,7-8,13-16,28H2,(H,33,34)(H4,26,27,29). The van der Waals surface area contributed by atoms with Gasteiger partial charge >= 0.3 is 5.97 Å². The van der Waals surface area contributed by atoms with Crippen LogP contribution >= 0.6 is 0 Å². The van der Waals surface area contributed by atoms with Gasteiger partial charge in [0.05, 0.1) is 11.0 Å². The lowest BCUT2D eigenvalue weighted by Gasteiger charge is -2.23. The van der Waals surface area contributed by atoms with E-state index in [9.17, 15) is 19.5 Å². The number of nitrogens with two attached hydrogens (primary N) is 3. The number of Topliss-reactive ketones (excluding diaryl/α,β-unsaturated/α-hetero) is 1. The Bertz CT molecular complexity index is 1220. The van der Waals surface area contributed by atoms with Crippen LogP contribution in [0.3, 0.4) is 0 Å².